The van der Waals surface area contributed by atoms with Crippen molar-refractivity contribution in [3.8, 4) is 17.2 Å². The number of rotatable bonds is 1. The van der Waals surface area contributed by atoms with E-state index in [1.165, 1.54) is 6.07 Å². The summed E-state index contributed by atoms with van der Waals surface area (Å²) in [4.78, 5) is 0. The lowest BCUT2D eigenvalue weighted by molar-refractivity contribution is 0.413. The smallest absolute Gasteiger partial charge is 0.138 e. The van der Waals surface area contributed by atoms with Gasteiger partial charge in [-0.15, -0.1) is 0 Å². The van der Waals surface area contributed by atoms with E-state index < -0.39 is 0 Å². The lowest BCUT2D eigenvalue weighted by atomic mass is 10.3. The average molecular weight is 248 g/mol. The highest BCUT2D eigenvalue weighted by atomic mass is 16.5. The van der Waals surface area contributed by atoms with Crippen LogP contribution in [0.25, 0.3) is 0 Å². The van der Waals surface area contributed by atoms with E-state index in [-0.39, 0.29) is 11.5 Å². The molecule has 2 aromatic carbocycles. The minimum absolute atomic E-state index is 0.0841. The fourth-order valence-corrected chi connectivity index (χ4v) is 1.15. The molecule has 0 aliphatic carbocycles. The molecule has 0 heterocycles. The Morgan fingerprint density at radius 2 is 1.50 bits per heavy atom. The molecular weight excluding hydrogens is 232 g/mol. The van der Waals surface area contributed by atoms with E-state index in [4.69, 9.17) is 26.4 Å². The number of anilines is 2. The molecule has 6 N–H and O–H groups in total. The van der Waals surface area contributed by atoms with Gasteiger partial charge in [0.05, 0.1) is 18.5 Å². The molecule has 0 spiro atoms. The van der Waals surface area contributed by atoms with Gasteiger partial charge in [-0.05, 0) is 24.3 Å². The van der Waals surface area contributed by atoms with Crippen molar-refractivity contribution in [2.24, 2.45) is 0 Å². The van der Waals surface area contributed by atoms with E-state index >= 15 is 0 Å². The Kier molecular flexibility index (Phi) is 4.68. The maximum Gasteiger partial charge on any atom is 0.138 e. The average Bonchev–Trinajstić information content (AvgIpc) is 2.37. The molecular formula is C13H16N2O3. The van der Waals surface area contributed by atoms with Crippen LogP contribution in [-0.4, -0.2) is 17.3 Å². The summed E-state index contributed by atoms with van der Waals surface area (Å²) in [5, 5.41) is 17.8. The number of para-hydroxylation sites is 2. The van der Waals surface area contributed by atoms with Crippen LogP contribution in [0.4, 0.5) is 11.4 Å². The quantitative estimate of drug-likeness (QED) is 0.456. The van der Waals surface area contributed by atoms with Gasteiger partial charge in [0.2, 0.25) is 0 Å². The van der Waals surface area contributed by atoms with Crippen molar-refractivity contribution in [3.63, 3.8) is 0 Å². The molecule has 0 aliphatic rings. The van der Waals surface area contributed by atoms with Crippen LogP contribution in [0.2, 0.25) is 0 Å². The maximum absolute atomic E-state index is 8.96. The maximum atomic E-state index is 8.96. The first-order valence-electron chi connectivity index (χ1n) is 5.20. The molecule has 0 aliphatic heterocycles. The summed E-state index contributed by atoms with van der Waals surface area (Å²) in [5.74, 6) is 0.878. The van der Waals surface area contributed by atoms with Gasteiger partial charge in [0.25, 0.3) is 0 Å². The number of nitrogen functional groups attached to an aromatic ring is 2. The third kappa shape index (κ3) is 3.79. The summed E-state index contributed by atoms with van der Waals surface area (Å²) in [6, 6.07) is 11.4. The van der Waals surface area contributed by atoms with Crippen molar-refractivity contribution in [2.45, 2.75) is 0 Å². The Bertz CT molecular complexity index is 494. The summed E-state index contributed by atoms with van der Waals surface area (Å²) in [5.41, 5.74) is 11.4. The molecule has 2 aromatic rings. The number of benzene rings is 2. The number of nitrogens with two attached hydrogens (primary N) is 2. The van der Waals surface area contributed by atoms with Crippen molar-refractivity contribution in [1.82, 2.24) is 0 Å². The first-order chi connectivity index (χ1) is 8.54. The molecule has 0 radical (unpaired) electrons. The zero-order chi connectivity index (χ0) is 13.5. The normalized spacial score (nSPS) is 9.17. The van der Waals surface area contributed by atoms with E-state index in [0.717, 1.165) is 0 Å². The number of phenolic OH excluding ortho intramolecular Hbond substituents is 2. The van der Waals surface area contributed by atoms with E-state index in [9.17, 15) is 0 Å². The molecule has 0 saturated carbocycles. The SMILES string of the molecule is COc1ccc(O)c(N)c1.Nc1ccccc1O. The highest BCUT2D eigenvalue weighted by molar-refractivity contribution is 5.55. The van der Waals surface area contributed by atoms with Crippen LogP contribution in [-0.2, 0) is 0 Å². The molecule has 5 nitrogen and oxygen atoms in total. The molecule has 5 heteroatoms. The van der Waals surface area contributed by atoms with Crippen LogP contribution in [0.15, 0.2) is 42.5 Å². The molecule has 0 amide bonds. The third-order valence-corrected chi connectivity index (χ3v) is 2.17. The Morgan fingerprint density at radius 3 is 1.94 bits per heavy atom. The minimum atomic E-state index is 0.0841. The Morgan fingerprint density at radius 1 is 0.889 bits per heavy atom. The van der Waals surface area contributed by atoms with Gasteiger partial charge in [-0.3, -0.25) is 0 Å². The van der Waals surface area contributed by atoms with Crippen molar-refractivity contribution in [2.75, 3.05) is 18.6 Å². The van der Waals surface area contributed by atoms with Gasteiger partial charge in [0.1, 0.15) is 17.2 Å². The zero-order valence-corrected chi connectivity index (χ0v) is 10.00. The second kappa shape index (κ2) is 6.24. The Hall–Kier alpha value is -2.56. The first-order valence-corrected chi connectivity index (χ1v) is 5.20. The van der Waals surface area contributed by atoms with Gasteiger partial charge in [0, 0.05) is 6.07 Å². The highest BCUT2D eigenvalue weighted by Crippen LogP contribution is 2.24. The molecule has 0 atom stereocenters. The van der Waals surface area contributed by atoms with Gasteiger partial charge >= 0.3 is 0 Å². The second-order valence-electron chi connectivity index (χ2n) is 3.48. The summed E-state index contributed by atoms with van der Waals surface area (Å²) < 4.78 is 4.86. The van der Waals surface area contributed by atoms with Crippen LogP contribution in [0.1, 0.15) is 0 Å². The topological polar surface area (TPSA) is 102 Å². The number of phenols is 2. The Labute approximate surface area is 105 Å². The van der Waals surface area contributed by atoms with E-state index in [2.05, 4.69) is 0 Å². The first kappa shape index (κ1) is 13.5. The highest BCUT2D eigenvalue weighted by Gasteiger charge is 1.96. The van der Waals surface area contributed by atoms with Gasteiger partial charge in [0.15, 0.2) is 0 Å². The summed E-state index contributed by atoms with van der Waals surface area (Å²) in [7, 11) is 1.55. The molecule has 96 valence electrons. The predicted octanol–water partition coefficient (Wildman–Crippen LogP) is 1.96. The molecule has 0 fully saturated rings. The van der Waals surface area contributed by atoms with Gasteiger partial charge in [-0.1, -0.05) is 12.1 Å². The molecule has 0 aromatic heterocycles. The van der Waals surface area contributed by atoms with Crippen LogP contribution in [0.3, 0.4) is 0 Å². The van der Waals surface area contributed by atoms with Crippen molar-refractivity contribution in [1.29, 1.82) is 0 Å². The zero-order valence-electron chi connectivity index (χ0n) is 10.00. The summed E-state index contributed by atoms with van der Waals surface area (Å²) >= 11 is 0. The van der Waals surface area contributed by atoms with E-state index in [0.29, 0.717) is 17.1 Å². The number of methoxy groups -OCH3 is 1. The lowest BCUT2D eigenvalue weighted by Gasteiger charge is -2.01. The van der Waals surface area contributed by atoms with Gasteiger partial charge in [-0.25, -0.2) is 0 Å². The predicted molar refractivity (Wildman–Crippen MR) is 71.6 cm³/mol. The number of ether oxygens (including phenoxy) is 1. The lowest BCUT2D eigenvalue weighted by Crippen LogP contribution is -1.87. The van der Waals surface area contributed by atoms with E-state index in [1.807, 2.05) is 0 Å². The molecule has 0 saturated heterocycles. The molecule has 0 unspecified atom stereocenters. The summed E-state index contributed by atoms with van der Waals surface area (Å²) in [6.07, 6.45) is 0. The van der Waals surface area contributed by atoms with Crippen molar-refractivity contribution < 1.29 is 14.9 Å². The Balaban J connectivity index is 0.000000184. The third-order valence-electron chi connectivity index (χ3n) is 2.17. The molecule has 0 bridgehead atoms. The van der Waals surface area contributed by atoms with Crippen molar-refractivity contribution >= 4 is 11.4 Å². The number of hydrogen-bond acceptors (Lipinski definition) is 5. The van der Waals surface area contributed by atoms with Crippen LogP contribution in [0.5, 0.6) is 17.2 Å². The van der Waals surface area contributed by atoms with Crippen LogP contribution >= 0.6 is 0 Å². The van der Waals surface area contributed by atoms with Crippen LogP contribution < -0.4 is 16.2 Å². The van der Waals surface area contributed by atoms with Crippen molar-refractivity contribution in [3.05, 3.63) is 42.5 Å². The number of hydrogen-bond donors (Lipinski definition) is 4. The molecule has 2 rings (SSSR count). The van der Waals surface area contributed by atoms with Gasteiger partial charge < -0.3 is 26.4 Å². The minimum Gasteiger partial charge on any atom is -0.506 e. The fraction of sp³-hybridized carbons (Fsp3) is 0.0769. The second-order valence-corrected chi connectivity index (χ2v) is 3.48. The van der Waals surface area contributed by atoms with Gasteiger partial charge in [-0.2, -0.15) is 0 Å². The van der Waals surface area contributed by atoms with Crippen LogP contribution in [0, 0.1) is 0 Å². The molecule has 18 heavy (non-hydrogen) atoms. The summed E-state index contributed by atoms with van der Waals surface area (Å²) in [6.45, 7) is 0. The monoisotopic (exact) mass is 248 g/mol. The standard InChI is InChI=1S/C7H9NO2.C6H7NO/c1-10-5-2-3-7(9)6(8)4-5;7-5-3-1-2-4-6(5)8/h2-4,9H,8H2,1H3;1-4,8H,7H2. The fourth-order valence-electron chi connectivity index (χ4n) is 1.15. The largest absolute Gasteiger partial charge is 0.506 e. The van der Waals surface area contributed by atoms with E-state index in [1.54, 1.807) is 43.5 Å². The number of aromatic hydroxyl groups is 2.